The van der Waals surface area contributed by atoms with E-state index in [0.717, 1.165) is 0 Å². The molecule has 0 saturated carbocycles. The molecule has 0 aliphatic carbocycles. The number of rotatable bonds is 3. The van der Waals surface area contributed by atoms with Gasteiger partial charge < -0.3 is 15.2 Å². The second-order valence-electron chi connectivity index (χ2n) is 4.16. The standard InChI is InChI=1S/C15H12ClNO4/c1-21-15(20)10-4-2-3-5-13(10)17-14(19)11-8-9(18)6-7-12(11)16/h2-8,18H,1H3,(H,17,19). The molecule has 0 aromatic heterocycles. The van der Waals surface area contributed by atoms with Crippen LogP contribution in [0.1, 0.15) is 20.7 Å². The van der Waals surface area contributed by atoms with Crippen molar-refractivity contribution in [2.24, 2.45) is 0 Å². The van der Waals surface area contributed by atoms with E-state index < -0.39 is 11.9 Å². The van der Waals surface area contributed by atoms with E-state index in [1.54, 1.807) is 18.2 Å². The van der Waals surface area contributed by atoms with Crippen molar-refractivity contribution in [1.82, 2.24) is 0 Å². The number of nitrogens with one attached hydrogen (secondary N) is 1. The van der Waals surface area contributed by atoms with Crippen molar-refractivity contribution in [2.45, 2.75) is 0 Å². The molecule has 0 aliphatic rings. The molecule has 108 valence electrons. The van der Waals surface area contributed by atoms with Crippen LogP contribution in [0.3, 0.4) is 0 Å². The van der Waals surface area contributed by atoms with E-state index in [2.05, 4.69) is 10.1 Å². The molecule has 0 spiro atoms. The number of phenolic OH excluding ortho intramolecular Hbond substituents is 1. The predicted octanol–water partition coefficient (Wildman–Crippen LogP) is 3.08. The van der Waals surface area contributed by atoms with Crippen LogP contribution in [0.5, 0.6) is 5.75 Å². The average Bonchev–Trinajstić information content (AvgIpc) is 2.49. The maximum Gasteiger partial charge on any atom is 0.339 e. The summed E-state index contributed by atoms with van der Waals surface area (Å²) in [5.41, 5.74) is 0.634. The fourth-order valence-electron chi connectivity index (χ4n) is 1.76. The Morgan fingerprint density at radius 3 is 2.57 bits per heavy atom. The number of hydrogen-bond donors (Lipinski definition) is 2. The van der Waals surface area contributed by atoms with Crippen molar-refractivity contribution in [3.05, 3.63) is 58.6 Å². The van der Waals surface area contributed by atoms with Gasteiger partial charge in [-0.25, -0.2) is 4.79 Å². The van der Waals surface area contributed by atoms with Crippen molar-refractivity contribution >= 4 is 29.2 Å². The maximum atomic E-state index is 12.2. The Morgan fingerprint density at radius 2 is 1.86 bits per heavy atom. The zero-order chi connectivity index (χ0) is 15.4. The van der Waals surface area contributed by atoms with E-state index in [4.69, 9.17) is 11.6 Å². The highest BCUT2D eigenvalue weighted by molar-refractivity contribution is 6.34. The van der Waals surface area contributed by atoms with Crippen molar-refractivity contribution in [1.29, 1.82) is 0 Å². The lowest BCUT2D eigenvalue weighted by Gasteiger charge is -2.10. The van der Waals surface area contributed by atoms with E-state index >= 15 is 0 Å². The van der Waals surface area contributed by atoms with Gasteiger partial charge >= 0.3 is 5.97 Å². The van der Waals surface area contributed by atoms with Gasteiger partial charge in [0.1, 0.15) is 5.75 Å². The lowest BCUT2D eigenvalue weighted by atomic mass is 10.1. The number of methoxy groups -OCH3 is 1. The minimum atomic E-state index is -0.562. The van der Waals surface area contributed by atoms with E-state index in [-0.39, 0.29) is 21.9 Å². The molecule has 5 nitrogen and oxygen atoms in total. The second kappa shape index (κ2) is 6.28. The first-order chi connectivity index (χ1) is 10.0. The van der Waals surface area contributed by atoms with Gasteiger partial charge in [0.15, 0.2) is 0 Å². The number of phenols is 1. The number of carbonyl (C=O) groups excluding carboxylic acids is 2. The maximum absolute atomic E-state index is 12.2. The summed E-state index contributed by atoms with van der Waals surface area (Å²) in [6.07, 6.45) is 0. The van der Waals surface area contributed by atoms with Gasteiger partial charge in [-0.05, 0) is 30.3 Å². The number of benzene rings is 2. The molecule has 2 aromatic rings. The molecule has 2 rings (SSSR count). The first-order valence-electron chi connectivity index (χ1n) is 6.00. The monoisotopic (exact) mass is 305 g/mol. The summed E-state index contributed by atoms with van der Waals surface area (Å²) in [5.74, 6) is -1.18. The van der Waals surface area contributed by atoms with Crippen LogP contribution in [-0.4, -0.2) is 24.1 Å². The molecule has 21 heavy (non-hydrogen) atoms. The summed E-state index contributed by atoms with van der Waals surface area (Å²) in [6, 6.07) is 10.5. The fourth-order valence-corrected chi connectivity index (χ4v) is 1.96. The molecule has 0 bridgehead atoms. The SMILES string of the molecule is COC(=O)c1ccccc1NC(=O)c1cc(O)ccc1Cl. The Labute approximate surface area is 126 Å². The van der Waals surface area contributed by atoms with E-state index in [0.29, 0.717) is 5.69 Å². The Kier molecular flexibility index (Phi) is 4.45. The van der Waals surface area contributed by atoms with Crippen LogP contribution < -0.4 is 5.32 Å². The number of amides is 1. The lowest BCUT2D eigenvalue weighted by molar-refractivity contribution is 0.0602. The quantitative estimate of drug-likeness (QED) is 0.854. The van der Waals surface area contributed by atoms with Crippen LogP contribution in [0.4, 0.5) is 5.69 Å². The van der Waals surface area contributed by atoms with Gasteiger partial charge in [0.05, 0.1) is 28.9 Å². The largest absolute Gasteiger partial charge is 0.508 e. The third kappa shape index (κ3) is 3.32. The number of anilines is 1. The van der Waals surface area contributed by atoms with Gasteiger partial charge in [-0.3, -0.25) is 4.79 Å². The number of carbonyl (C=O) groups is 2. The first kappa shape index (κ1) is 14.9. The summed E-state index contributed by atoms with van der Waals surface area (Å²) in [7, 11) is 1.26. The Hall–Kier alpha value is -2.53. The van der Waals surface area contributed by atoms with E-state index in [1.807, 2.05) is 0 Å². The number of para-hydroxylation sites is 1. The van der Waals surface area contributed by atoms with Crippen molar-refractivity contribution in [2.75, 3.05) is 12.4 Å². The highest BCUT2D eigenvalue weighted by Crippen LogP contribution is 2.23. The molecular formula is C15H12ClNO4. The van der Waals surface area contributed by atoms with Gasteiger partial charge in [-0.1, -0.05) is 23.7 Å². The number of aromatic hydroxyl groups is 1. The van der Waals surface area contributed by atoms with Crippen LogP contribution in [-0.2, 0) is 4.74 Å². The average molecular weight is 306 g/mol. The van der Waals surface area contributed by atoms with Gasteiger partial charge in [-0.2, -0.15) is 0 Å². The minimum Gasteiger partial charge on any atom is -0.508 e. The zero-order valence-electron chi connectivity index (χ0n) is 11.1. The molecule has 0 radical (unpaired) electrons. The molecule has 0 fully saturated rings. The van der Waals surface area contributed by atoms with Crippen molar-refractivity contribution < 1.29 is 19.4 Å². The molecule has 0 atom stereocenters. The Morgan fingerprint density at radius 1 is 1.14 bits per heavy atom. The van der Waals surface area contributed by atoms with E-state index in [1.165, 1.54) is 31.4 Å². The number of ether oxygens (including phenoxy) is 1. The first-order valence-corrected chi connectivity index (χ1v) is 6.38. The van der Waals surface area contributed by atoms with Gasteiger partial charge in [0.25, 0.3) is 5.91 Å². The normalized spacial score (nSPS) is 10.0. The number of halogens is 1. The highest BCUT2D eigenvalue weighted by atomic mass is 35.5. The summed E-state index contributed by atoms with van der Waals surface area (Å²) < 4.78 is 4.65. The lowest BCUT2D eigenvalue weighted by Crippen LogP contribution is -2.15. The highest BCUT2D eigenvalue weighted by Gasteiger charge is 2.16. The fraction of sp³-hybridized carbons (Fsp3) is 0.0667. The number of esters is 1. The van der Waals surface area contributed by atoms with Crippen LogP contribution >= 0.6 is 11.6 Å². The summed E-state index contributed by atoms with van der Waals surface area (Å²) in [5, 5.41) is 12.2. The Balaban J connectivity index is 2.32. The smallest absolute Gasteiger partial charge is 0.339 e. The van der Waals surface area contributed by atoms with E-state index in [9.17, 15) is 14.7 Å². The molecule has 2 aromatic carbocycles. The molecule has 0 saturated heterocycles. The third-order valence-electron chi connectivity index (χ3n) is 2.78. The topological polar surface area (TPSA) is 75.6 Å². The summed E-state index contributed by atoms with van der Waals surface area (Å²) in [6.45, 7) is 0. The van der Waals surface area contributed by atoms with Crippen molar-refractivity contribution in [3.63, 3.8) is 0 Å². The number of hydrogen-bond acceptors (Lipinski definition) is 4. The predicted molar refractivity (Wildman–Crippen MR) is 78.9 cm³/mol. The third-order valence-corrected chi connectivity index (χ3v) is 3.10. The zero-order valence-corrected chi connectivity index (χ0v) is 11.8. The molecule has 6 heteroatoms. The van der Waals surface area contributed by atoms with Crippen LogP contribution in [0.15, 0.2) is 42.5 Å². The van der Waals surface area contributed by atoms with Gasteiger partial charge in [0, 0.05) is 0 Å². The molecule has 2 N–H and O–H groups in total. The van der Waals surface area contributed by atoms with Gasteiger partial charge in [-0.15, -0.1) is 0 Å². The van der Waals surface area contributed by atoms with Crippen molar-refractivity contribution in [3.8, 4) is 5.75 Å². The minimum absolute atomic E-state index is 0.0780. The second-order valence-corrected chi connectivity index (χ2v) is 4.56. The molecule has 0 aliphatic heterocycles. The van der Waals surface area contributed by atoms with Crippen LogP contribution in [0.25, 0.3) is 0 Å². The van der Waals surface area contributed by atoms with Crippen LogP contribution in [0, 0.1) is 0 Å². The molecular weight excluding hydrogens is 294 g/mol. The molecule has 1 amide bonds. The summed E-state index contributed by atoms with van der Waals surface area (Å²) >= 11 is 5.92. The van der Waals surface area contributed by atoms with Crippen LogP contribution in [0.2, 0.25) is 5.02 Å². The molecule has 0 heterocycles. The summed E-state index contributed by atoms with van der Waals surface area (Å²) in [4.78, 5) is 23.8. The molecule has 0 unspecified atom stereocenters. The van der Waals surface area contributed by atoms with Gasteiger partial charge in [0.2, 0.25) is 0 Å². The Bertz CT molecular complexity index is 700.